The van der Waals surface area contributed by atoms with Crippen molar-refractivity contribution in [1.29, 1.82) is 0 Å². The van der Waals surface area contributed by atoms with Gasteiger partial charge in [0.2, 0.25) is 0 Å². The number of ether oxygens (including phenoxy) is 1. The molecule has 3 rings (SSSR count). The smallest absolute Gasteiger partial charge is 0.321 e. The number of amides is 3. The van der Waals surface area contributed by atoms with Crippen molar-refractivity contribution in [1.82, 2.24) is 10.6 Å². The molecule has 28 heavy (non-hydrogen) atoms. The number of nitrogens with one attached hydrogen (secondary N) is 2. The number of rotatable bonds is 5. The number of urea groups is 1. The highest BCUT2D eigenvalue weighted by atomic mass is 16.5. The van der Waals surface area contributed by atoms with Gasteiger partial charge in [-0.25, -0.2) is 4.79 Å². The molecule has 1 aromatic carbocycles. The molecule has 1 fully saturated rings. The maximum atomic E-state index is 12.0. The van der Waals surface area contributed by atoms with Gasteiger partial charge < -0.3 is 19.6 Å². The number of phenols is 1. The van der Waals surface area contributed by atoms with E-state index in [-0.39, 0.29) is 18.2 Å². The van der Waals surface area contributed by atoms with Crippen molar-refractivity contribution in [2.75, 3.05) is 6.61 Å². The van der Waals surface area contributed by atoms with Crippen LogP contribution >= 0.6 is 0 Å². The third-order valence-electron chi connectivity index (χ3n) is 5.02. The van der Waals surface area contributed by atoms with Crippen molar-refractivity contribution in [2.45, 2.75) is 45.1 Å². The topological polar surface area (TPSA) is 118 Å². The number of phenolic OH excluding ortho intramolecular Hbond substituents is 1. The summed E-state index contributed by atoms with van der Waals surface area (Å²) in [7, 11) is 0. The van der Waals surface area contributed by atoms with E-state index in [0.29, 0.717) is 22.5 Å². The first kappa shape index (κ1) is 19.7. The Kier molecular flexibility index (Phi) is 6.18. The standard InChI is InChI=1S/C20H24N2O6/c1-12-4-2-3-5-16(12)21-20(26)22-18(24)11-28-19(25)8-13-10-27-17-9-14(23)6-7-15(13)17/h6-7,9-10,12,16,23H,2-5,8,11H2,1H3,(H2,21,22,24,26)/t12-,16-/m1/s1. The fourth-order valence-electron chi connectivity index (χ4n) is 3.46. The van der Waals surface area contributed by atoms with Gasteiger partial charge in [-0.3, -0.25) is 14.9 Å². The molecule has 1 aromatic heterocycles. The molecule has 2 aromatic rings. The van der Waals surface area contributed by atoms with Crippen LogP contribution in [-0.4, -0.2) is 35.7 Å². The highest BCUT2D eigenvalue weighted by Gasteiger charge is 2.23. The number of furan rings is 1. The molecule has 1 saturated carbocycles. The van der Waals surface area contributed by atoms with Crippen molar-refractivity contribution in [3.63, 3.8) is 0 Å². The SMILES string of the molecule is C[C@@H]1CCCC[C@H]1NC(=O)NC(=O)COC(=O)Cc1coc2cc(O)ccc12. The second-order valence-corrected chi connectivity index (χ2v) is 7.17. The molecule has 0 aliphatic heterocycles. The number of benzene rings is 1. The van der Waals surface area contributed by atoms with Crippen LogP contribution in [0.2, 0.25) is 0 Å². The quantitative estimate of drug-likeness (QED) is 0.678. The van der Waals surface area contributed by atoms with Crippen LogP contribution in [0, 0.1) is 5.92 Å². The molecule has 1 aliphatic carbocycles. The van der Waals surface area contributed by atoms with Gasteiger partial charge in [0.05, 0.1) is 12.7 Å². The summed E-state index contributed by atoms with van der Waals surface area (Å²) in [4.78, 5) is 35.7. The van der Waals surface area contributed by atoms with Crippen molar-refractivity contribution < 1.29 is 28.6 Å². The van der Waals surface area contributed by atoms with Gasteiger partial charge in [0.15, 0.2) is 6.61 Å². The van der Waals surface area contributed by atoms with Gasteiger partial charge in [-0.05, 0) is 30.9 Å². The first-order valence-electron chi connectivity index (χ1n) is 9.37. The molecule has 3 amide bonds. The summed E-state index contributed by atoms with van der Waals surface area (Å²) < 4.78 is 10.2. The summed E-state index contributed by atoms with van der Waals surface area (Å²) in [6.07, 6.45) is 5.49. The molecule has 0 radical (unpaired) electrons. The van der Waals surface area contributed by atoms with Crippen molar-refractivity contribution >= 4 is 28.9 Å². The molecule has 0 bridgehead atoms. The predicted octanol–water partition coefficient (Wildman–Crippen LogP) is 2.63. The minimum absolute atomic E-state index is 0.0536. The molecular formula is C20H24N2O6. The Hall–Kier alpha value is -3.03. The van der Waals surface area contributed by atoms with Gasteiger partial charge in [0.1, 0.15) is 11.3 Å². The molecule has 150 valence electrons. The van der Waals surface area contributed by atoms with Crippen molar-refractivity contribution in [2.24, 2.45) is 5.92 Å². The summed E-state index contributed by atoms with van der Waals surface area (Å²) in [5.41, 5.74) is 1.04. The molecule has 0 unspecified atom stereocenters. The zero-order valence-corrected chi connectivity index (χ0v) is 15.7. The number of carbonyl (C=O) groups excluding carboxylic acids is 3. The monoisotopic (exact) mass is 388 g/mol. The average Bonchev–Trinajstić information content (AvgIpc) is 3.03. The van der Waals surface area contributed by atoms with E-state index >= 15 is 0 Å². The third-order valence-corrected chi connectivity index (χ3v) is 5.02. The Labute approximate surface area is 162 Å². The highest BCUT2D eigenvalue weighted by Crippen LogP contribution is 2.25. The number of hydrogen-bond acceptors (Lipinski definition) is 6. The molecule has 2 atom stereocenters. The molecule has 8 nitrogen and oxygen atoms in total. The predicted molar refractivity (Wildman–Crippen MR) is 101 cm³/mol. The summed E-state index contributed by atoms with van der Waals surface area (Å²) in [6.45, 7) is 1.54. The Morgan fingerprint density at radius 1 is 1.25 bits per heavy atom. The van der Waals surface area contributed by atoms with Crippen molar-refractivity contribution in [3.8, 4) is 5.75 Å². The molecule has 8 heteroatoms. The number of carbonyl (C=O) groups is 3. The first-order valence-corrected chi connectivity index (χ1v) is 9.37. The minimum Gasteiger partial charge on any atom is -0.508 e. The summed E-state index contributed by atoms with van der Waals surface area (Å²) in [6, 6.07) is 4.06. The zero-order valence-electron chi connectivity index (χ0n) is 15.7. The lowest BCUT2D eigenvalue weighted by Crippen LogP contribution is -2.48. The molecule has 3 N–H and O–H groups in total. The van der Waals surface area contributed by atoms with Crippen LogP contribution in [0.15, 0.2) is 28.9 Å². The molecule has 1 aliphatic rings. The Balaban J connectivity index is 1.43. The fraction of sp³-hybridized carbons (Fsp3) is 0.450. The van der Waals surface area contributed by atoms with Crippen molar-refractivity contribution in [3.05, 3.63) is 30.0 Å². The number of hydrogen-bond donors (Lipinski definition) is 3. The second-order valence-electron chi connectivity index (χ2n) is 7.17. The number of imide groups is 1. The third kappa shape index (κ3) is 5.03. The van der Waals surface area contributed by atoms with Gasteiger partial charge >= 0.3 is 12.0 Å². The summed E-state index contributed by atoms with van der Waals surface area (Å²) in [5.74, 6) is -0.865. The summed E-state index contributed by atoms with van der Waals surface area (Å²) in [5, 5.41) is 15.1. The van der Waals surface area contributed by atoms with Gasteiger partial charge in [-0.2, -0.15) is 0 Å². The lowest BCUT2D eigenvalue weighted by molar-refractivity contribution is -0.147. The maximum Gasteiger partial charge on any atom is 0.321 e. The van der Waals surface area contributed by atoms with E-state index in [1.165, 1.54) is 18.4 Å². The van der Waals surface area contributed by atoms with Gasteiger partial charge in [0, 0.05) is 23.1 Å². The maximum absolute atomic E-state index is 12.0. The van der Waals surface area contributed by atoms with Crippen LogP contribution in [-0.2, 0) is 20.7 Å². The molecular weight excluding hydrogens is 364 g/mol. The van der Waals surface area contributed by atoms with Crippen LogP contribution in [0.3, 0.4) is 0 Å². The van der Waals surface area contributed by atoms with Crippen LogP contribution in [0.25, 0.3) is 11.0 Å². The highest BCUT2D eigenvalue weighted by molar-refractivity contribution is 5.96. The van der Waals surface area contributed by atoms with E-state index in [0.717, 1.165) is 25.7 Å². The minimum atomic E-state index is -0.684. The van der Waals surface area contributed by atoms with Crippen LogP contribution in [0.4, 0.5) is 4.79 Å². The van der Waals surface area contributed by atoms with Gasteiger partial charge in [0.25, 0.3) is 5.91 Å². The fourth-order valence-corrected chi connectivity index (χ4v) is 3.46. The number of aromatic hydroxyl groups is 1. The normalized spacial score (nSPS) is 19.2. The zero-order chi connectivity index (χ0) is 20.1. The van der Waals surface area contributed by atoms with Crippen LogP contribution < -0.4 is 10.6 Å². The Bertz CT molecular complexity index is 875. The van der Waals surface area contributed by atoms with E-state index in [2.05, 4.69) is 17.6 Å². The van der Waals surface area contributed by atoms with E-state index in [1.54, 1.807) is 6.07 Å². The Morgan fingerprint density at radius 3 is 2.82 bits per heavy atom. The number of fused-ring (bicyclic) bond motifs is 1. The molecule has 0 saturated heterocycles. The lowest BCUT2D eigenvalue weighted by Gasteiger charge is -2.29. The van der Waals surface area contributed by atoms with Crippen LogP contribution in [0.1, 0.15) is 38.2 Å². The summed E-state index contributed by atoms with van der Waals surface area (Å²) >= 11 is 0. The van der Waals surface area contributed by atoms with E-state index in [1.807, 2.05) is 0 Å². The van der Waals surface area contributed by atoms with E-state index < -0.39 is 24.5 Å². The average molecular weight is 388 g/mol. The molecule has 0 spiro atoms. The lowest BCUT2D eigenvalue weighted by atomic mass is 9.86. The number of esters is 1. The first-order chi connectivity index (χ1) is 13.4. The largest absolute Gasteiger partial charge is 0.508 e. The van der Waals surface area contributed by atoms with Gasteiger partial charge in [-0.15, -0.1) is 0 Å². The van der Waals surface area contributed by atoms with Crippen LogP contribution in [0.5, 0.6) is 5.75 Å². The second kappa shape index (κ2) is 8.77. The Morgan fingerprint density at radius 2 is 2.04 bits per heavy atom. The molecule has 1 heterocycles. The van der Waals surface area contributed by atoms with E-state index in [4.69, 9.17) is 9.15 Å². The van der Waals surface area contributed by atoms with E-state index in [9.17, 15) is 19.5 Å². The van der Waals surface area contributed by atoms with Gasteiger partial charge in [-0.1, -0.05) is 19.8 Å².